The Balaban J connectivity index is 1.73. The Labute approximate surface area is 172 Å². The van der Waals surface area contributed by atoms with Crippen molar-refractivity contribution in [2.75, 3.05) is 6.61 Å². The highest BCUT2D eigenvalue weighted by atomic mass is 32.1. The molecule has 1 unspecified atom stereocenters. The van der Waals surface area contributed by atoms with Crippen LogP contribution in [0.5, 0.6) is 0 Å². The van der Waals surface area contributed by atoms with Crippen LogP contribution in [0, 0.1) is 0 Å². The average molecular weight is 415 g/mol. The summed E-state index contributed by atoms with van der Waals surface area (Å²) in [6.07, 6.45) is 0.918. The van der Waals surface area contributed by atoms with Gasteiger partial charge in [0.2, 0.25) is 0 Å². The number of nitrogens with zero attached hydrogens (tertiary/aromatic N) is 1. The number of esters is 1. The molecule has 2 heterocycles. The van der Waals surface area contributed by atoms with Crippen LogP contribution in [0.1, 0.15) is 25.1 Å². The molecule has 0 bridgehead atoms. The van der Waals surface area contributed by atoms with Crippen molar-refractivity contribution in [3.63, 3.8) is 0 Å². The second-order valence-corrected chi connectivity index (χ2v) is 8.38. The summed E-state index contributed by atoms with van der Waals surface area (Å²) in [6.45, 7) is 3.63. The van der Waals surface area contributed by atoms with Crippen LogP contribution in [-0.2, 0) is 20.7 Å². The number of carbonyl (C=O) groups is 2. The van der Waals surface area contributed by atoms with Crippen LogP contribution in [0.3, 0.4) is 0 Å². The molecule has 0 fully saturated rings. The van der Waals surface area contributed by atoms with Crippen LogP contribution in [0.4, 0.5) is 0 Å². The van der Waals surface area contributed by atoms with E-state index in [-0.39, 0.29) is 25.0 Å². The molecule has 1 amide bonds. The molecule has 1 N–H and O–H groups in total. The monoisotopic (exact) mass is 414 g/mol. The lowest BCUT2D eigenvalue weighted by Crippen LogP contribution is -2.35. The normalized spacial score (nSPS) is 11.8. The lowest BCUT2D eigenvalue weighted by atomic mass is 10.2. The van der Waals surface area contributed by atoms with Crippen molar-refractivity contribution >= 4 is 34.6 Å². The van der Waals surface area contributed by atoms with E-state index in [4.69, 9.17) is 9.72 Å². The number of carbonyl (C=O) groups excluding carboxylic acids is 2. The molecular formula is C21H22N2O3S2. The van der Waals surface area contributed by atoms with Crippen LogP contribution >= 0.6 is 22.7 Å². The Kier molecular flexibility index (Phi) is 6.95. The van der Waals surface area contributed by atoms with Crippen molar-refractivity contribution in [1.82, 2.24) is 10.3 Å². The second-order valence-electron chi connectivity index (χ2n) is 6.35. The van der Waals surface area contributed by atoms with Gasteiger partial charge in [0.25, 0.3) is 5.91 Å². The minimum Gasteiger partial charge on any atom is -0.455 e. The zero-order valence-corrected chi connectivity index (χ0v) is 17.4. The smallest absolute Gasteiger partial charge is 0.311 e. The Morgan fingerprint density at radius 3 is 2.64 bits per heavy atom. The molecule has 1 aromatic carbocycles. The number of hydrogen-bond donors (Lipinski definition) is 1. The number of amides is 1. The lowest BCUT2D eigenvalue weighted by Gasteiger charge is -2.11. The van der Waals surface area contributed by atoms with Crippen LogP contribution < -0.4 is 5.32 Å². The van der Waals surface area contributed by atoms with E-state index in [1.54, 1.807) is 11.3 Å². The summed E-state index contributed by atoms with van der Waals surface area (Å²) in [4.78, 5) is 30.8. The number of thiophene rings is 1. The molecule has 0 aliphatic heterocycles. The number of thiazole rings is 1. The highest BCUT2D eigenvalue weighted by molar-refractivity contribution is 7.17. The summed E-state index contributed by atoms with van der Waals surface area (Å²) in [5.74, 6) is -0.712. The van der Waals surface area contributed by atoms with Gasteiger partial charge in [0.15, 0.2) is 6.61 Å². The largest absolute Gasteiger partial charge is 0.455 e. The van der Waals surface area contributed by atoms with Gasteiger partial charge in [0.1, 0.15) is 5.01 Å². The van der Waals surface area contributed by atoms with Crippen molar-refractivity contribution in [2.45, 2.75) is 32.7 Å². The van der Waals surface area contributed by atoms with Crippen molar-refractivity contribution in [3.05, 3.63) is 52.7 Å². The zero-order chi connectivity index (χ0) is 19.9. The molecule has 3 aromatic rings. The predicted octanol–water partition coefficient (Wildman–Crippen LogP) is 4.54. The van der Waals surface area contributed by atoms with Crippen molar-refractivity contribution < 1.29 is 14.3 Å². The first-order valence-electron chi connectivity index (χ1n) is 9.10. The van der Waals surface area contributed by atoms with Gasteiger partial charge in [0, 0.05) is 16.5 Å². The molecule has 3 rings (SSSR count). The minimum atomic E-state index is -0.430. The minimum absolute atomic E-state index is 0.0616. The summed E-state index contributed by atoms with van der Waals surface area (Å²) in [5, 5.41) is 5.63. The molecule has 7 heteroatoms. The van der Waals surface area contributed by atoms with Crippen LogP contribution in [-0.4, -0.2) is 29.5 Å². The molecule has 0 saturated carbocycles. The maximum absolute atomic E-state index is 12.3. The molecule has 146 valence electrons. The summed E-state index contributed by atoms with van der Waals surface area (Å²) < 4.78 is 5.17. The zero-order valence-electron chi connectivity index (χ0n) is 15.8. The van der Waals surface area contributed by atoms with Gasteiger partial charge in [-0.1, -0.05) is 43.3 Å². The predicted molar refractivity (Wildman–Crippen MR) is 113 cm³/mol. The standard InChI is InChI=1S/C21H22N2O3S2/c1-3-14(2)22-18(24)13-26-19(25)12-17-20(16-10-7-11-27-16)23-21(28-17)15-8-5-4-6-9-15/h4-11,14H,3,12-13H2,1-2H3,(H,22,24). The number of rotatable bonds is 8. The van der Waals surface area contributed by atoms with Crippen molar-refractivity contribution in [3.8, 4) is 21.1 Å². The highest BCUT2D eigenvalue weighted by Gasteiger charge is 2.19. The van der Waals surface area contributed by atoms with E-state index in [1.807, 2.05) is 61.7 Å². The topological polar surface area (TPSA) is 68.3 Å². The molecule has 0 radical (unpaired) electrons. The Morgan fingerprint density at radius 1 is 1.18 bits per heavy atom. The number of ether oxygens (including phenoxy) is 1. The first kappa shape index (κ1) is 20.2. The first-order chi connectivity index (χ1) is 13.6. The van der Waals surface area contributed by atoms with Gasteiger partial charge in [0.05, 0.1) is 17.0 Å². The Hall–Kier alpha value is -2.51. The van der Waals surface area contributed by atoms with E-state index in [9.17, 15) is 9.59 Å². The van der Waals surface area contributed by atoms with E-state index >= 15 is 0 Å². The molecule has 0 aliphatic carbocycles. The highest BCUT2D eigenvalue weighted by Crippen LogP contribution is 2.36. The Morgan fingerprint density at radius 2 is 1.96 bits per heavy atom. The third-order valence-corrected chi connectivity index (χ3v) is 6.14. The molecule has 1 atom stereocenters. The van der Waals surface area contributed by atoms with Gasteiger partial charge >= 0.3 is 5.97 Å². The summed E-state index contributed by atoms with van der Waals surface area (Å²) >= 11 is 3.06. The van der Waals surface area contributed by atoms with E-state index in [2.05, 4.69) is 5.32 Å². The van der Waals surface area contributed by atoms with E-state index in [0.717, 1.165) is 32.4 Å². The van der Waals surface area contributed by atoms with E-state index < -0.39 is 5.97 Å². The van der Waals surface area contributed by atoms with Crippen molar-refractivity contribution in [1.29, 1.82) is 0 Å². The maximum Gasteiger partial charge on any atom is 0.311 e. The van der Waals surface area contributed by atoms with Gasteiger partial charge in [-0.05, 0) is 24.8 Å². The number of benzene rings is 1. The summed E-state index contributed by atoms with van der Waals surface area (Å²) in [6, 6.07) is 13.9. The van der Waals surface area contributed by atoms with E-state index in [0.29, 0.717) is 0 Å². The molecular weight excluding hydrogens is 392 g/mol. The van der Waals surface area contributed by atoms with Gasteiger partial charge in [-0.25, -0.2) is 4.98 Å². The van der Waals surface area contributed by atoms with E-state index in [1.165, 1.54) is 11.3 Å². The van der Waals surface area contributed by atoms with Crippen molar-refractivity contribution in [2.24, 2.45) is 0 Å². The van der Waals surface area contributed by atoms with Crippen LogP contribution in [0.2, 0.25) is 0 Å². The SMILES string of the molecule is CCC(C)NC(=O)COC(=O)Cc1sc(-c2ccccc2)nc1-c1cccs1. The molecule has 0 saturated heterocycles. The molecule has 0 aliphatic rings. The fourth-order valence-corrected chi connectivity index (χ4v) is 4.40. The number of nitrogens with one attached hydrogen (secondary N) is 1. The number of hydrogen-bond acceptors (Lipinski definition) is 6. The quantitative estimate of drug-likeness (QED) is 0.550. The lowest BCUT2D eigenvalue weighted by molar-refractivity contribution is -0.148. The summed E-state index contributed by atoms with van der Waals surface area (Å²) in [5.41, 5.74) is 1.82. The summed E-state index contributed by atoms with van der Waals surface area (Å²) in [7, 11) is 0. The molecule has 2 aromatic heterocycles. The fourth-order valence-electron chi connectivity index (χ4n) is 2.53. The molecule has 0 spiro atoms. The van der Waals surface area contributed by atoms with Crippen LogP contribution in [0.15, 0.2) is 47.8 Å². The third kappa shape index (κ3) is 5.27. The maximum atomic E-state index is 12.3. The van der Waals surface area contributed by atoms with Crippen LogP contribution in [0.25, 0.3) is 21.1 Å². The number of aromatic nitrogens is 1. The first-order valence-corrected chi connectivity index (χ1v) is 10.8. The second kappa shape index (κ2) is 9.61. The molecule has 28 heavy (non-hydrogen) atoms. The van der Waals surface area contributed by atoms with Gasteiger partial charge in [-0.2, -0.15) is 0 Å². The molecule has 5 nitrogen and oxygen atoms in total. The van der Waals surface area contributed by atoms with Gasteiger partial charge in [-0.3, -0.25) is 9.59 Å². The Bertz CT molecular complexity index is 921. The third-order valence-electron chi connectivity index (χ3n) is 4.16. The van der Waals surface area contributed by atoms with Gasteiger partial charge in [-0.15, -0.1) is 22.7 Å². The van der Waals surface area contributed by atoms with Gasteiger partial charge < -0.3 is 10.1 Å². The fraction of sp³-hybridized carbons (Fsp3) is 0.286. The average Bonchev–Trinajstić information content (AvgIpc) is 3.37.